The molecule has 1 saturated heterocycles. The maximum atomic E-state index is 13.7. The fourth-order valence-electron chi connectivity index (χ4n) is 4.44. The van der Waals surface area contributed by atoms with Crippen LogP contribution in [-0.4, -0.2) is 50.6 Å². The third kappa shape index (κ3) is 5.85. The van der Waals surface area contributed by atoms with Crippen molar-refractivity contribution in [2.24, 2.45) is 11.3 Å². The van der Waals surface area contributed by atoms with Crippen LogP contribution in [0.2, 0.25) is 0 Å². The first-order valence-electron chi connectivity index (χ1n) is 13.3. The summed E-state index contributed by atoms with van der Waals surface area (Å²) in [7, 11) is 0. The zero-order valence-corrected chi connectivity index (χ0v) is 22.1. The van der Waals surface area contributed by atoms with Gasteiger partial charge in [-0.15, -0.1) is 0 Å². The predicted molar refractivity (Wildman–Crippen MR) is 145 cm³/mol. The zero-order chi connectivity index (χ0) is 27.5. The maximum absolute atomic E-state index is 13.7. The standard InChI is InChI=1S/C29H30FN7O3/c1-29(27(38)33-14-18-2-3-18)16-39-26(40-17-29)25-36-23(20-4-6-21(30)7-5-20)24(37-25)22-10-13-32-28(35-22)34-15-19-8-11-31-12-9-19/h4-13,18,26H,2-3,14-17H2,1H3,(H,33,38)(H,36,37)(H,32,34,35). The van der Waals surface area contributed by atoms with Crippen molar-refractivity contribution in [3.8, 4) is 22.6 Å². The van der Waals surface area contributed by atoms with Gasteiger partial charge in [-0.2, -0.15) is 0 Å². The predicted octanol–water partition coefficient (Wildman–Crippen LogP) is 4.26. The van der Waals surface area contributed by atoms with Crippen LogP contribution in [0.5, 0.6) is 0 Å². The van der Waals surface area contributed by atoms with Gasteiger partial charge in [0.2, 0.25) is 18.1 Å². The fourth-order valence-corrected chi connectivity index (χ4v) is 4.44. The highest BCUT2D eigenvalue weighted by molar-refractivity contribution is 5.82. The van der Waals surface area contributed by atoms with Crippen LogP contribution in [0.1, 0.15) is 37.4 Å². The number of aromatic nitrogens is 5. The van der Waals surface area contributed by atoms with Crippen LogP contribution in [-0.2, 0) is 20.8 Å². The molecule has 206 valence electrons. The Bertz CT molecular complexity index is 1470. The molecule has 0 unspecified atom stereocenters. The monoisotopic (exact) mass is 543 g/mol. The number of amides is 1. The van der Waals surface area contributed by atoms with Crippen LogP contribution in [0.4, 0.5) is 10.3 Å². The Morgan fingerprint density at radius 2 is 1.80 bits per heavy atom. The second kappa shape index (κ2) is 11.1. The molecule has 6 rings (SSSR count). The van der Waals surface area contributed by atoms with Crippen molar-refractivity contribution >= 4 is 11.9 Å². The number of carbonyl (C=O) groups excluding carboxylic acids is 1. The second-order valence-electron chi connectivity index (χ2n) is 10.5. The number of anilines is 1. The number of ether oxygens (including phenoxy) is 2. The summed E-state index contributed by atoms with van der Waals surface area (Å²) in [6, 6.07) is 11.7. The SMILES string of the molecule is CC1(C(=O)NCC2CC2)COC(c2nc(-c3ccc(F)cc3)c(-c3ccnc(NCc4ccncc4)n3)[nH]2)OC1. The molecule has 1 aromatic carbocycles. The number of halogens is 1. The van der Waals surface area contributed by atoms with Crippen molar-refractivity contribution in [1.82, 2.24) is 30.2 Å². The molecule has 0 radical (unpaired) electrons. The van der Waals surface area contributed by atoms with Crippen molar-refractivity contribution in [1.29, 1.82) is 0 Å². The number of benzene rings is 1. The molecule has 1 saturated carbocycles. The number of aromatic amines is 1. The van der Waals surface area contributed by atoms with E-state index in [4.69, 9.17) is 14.5 Å². The Morgan fingerprint density at radius 1 is 1.05 bits per heavy atom. The summed E-state index contributed by atoms with van der Waals surface area (Å²) in [5, 5.41) is 6.25. The Morgan fingerprint density at radius 3 is 2.52 bits per heavy atom. The minimum Gasteiger partial charge on any atom is -0.355 e. The van der Waals surface area contributed by atoms with Gasteiger partial charge >= 0.3 is 0 Å². The van der Waals surface area contributed by atoms with Gasteiger partial charge < -0.3 is 25.1 Å². The van der Waals surface area contributed by atoms with E-state index < -0.39 is 11.7 Å². The average Bonchev–Trinajstić information content (AvgIpc) is 3.72. The number of nitrogens with one attached hydrogen (secondary N) is 3. The van der Waals surface area contributed by atoms with Gasteiger partial charge in [0.05, 0.1) is 35.7 Å². The minimum atomic E-state index is -0.802. The van der Waals surface area contributed by atoms with Gasteiger partial charge in [-0.1, -0.05) is 0 Å². The van der Waals surface area contributed by atoms with Gasteiger partial charge in [0.25, 0.3) is 0 Å². The molecule has 4 aromatic rings. The summed E-state index contributed by atoms with van der Waals surface area (Å²) >= 11 is 0. The van der Waals surface area contributed by atoms with Gasteiger partial charge in [0.15, 0.2) is 5.82 Å². The Hall–Kier alpha value is -4.22. The number of nitrogens with zero attached hydrogens (tertiary/aromatic N) is 4. The highest BCUT2D eigenvalue weighted by Gasteiger charge is 2.41. The molecule has 1 aliphatic heterocycles. The average molecular weight is 544 g/mol. The van der Waals surface area contributed by atoms with Crippen LogP contribution in [0.15, 0.2) is 61.1 Å². The third-order valence-corrected chi connectivity index (χ3v) is 7.08. The molecule has 0 spiro atoms. The summed E-state index contributed by atoms with van der Waals surface area (Å²) in [6.07, 6.45) is 6.65. The first-order valence-corrected chi connectivity index (χ1v) is 13.3. The number of hydrogen-bond donors (Lipinski definition) is 3. The molecular formula is C29H30FN7O3. The van der Waals surface area contributed by atoms with E-state index in [-0.39, 0.29) is 24.9 Å². The van der Waals surface area contributed by atoms with E-state index >= 15 is 0 Å². The molecule has 2 fully saturated rings. The van der Waals surface area contributed by atoms with Crippen molar-refractivity contribution in [2.75, 3.05) is 25.1 Å². The van der Waals surface area contributed by atoms with Crippen LogP contribution >= 0.6 is 0 Å². The molecule has 4 heterocycles. The van der Waals surface area contributed by atoms with E-state index in [0.29, 0.717) is 53.4 Å². The summed E-state index contributed by atoms with van der Waals surface area (Å²) < 4.78 is 25.7. The molecule has 1 aliphatic carbocycles. The van der Waals surface area contributed by atoms with Gasteiger partial charge in [0.1, 0.15) is 5.82 Å². The molecule has 0 bridgehead atoms. The lowest BCUT2D eigenvalue weighted by Crippen LogP contribution is -2.49. The molecule has 11 heteroatoms. The molecule has 2 aliphatic rings. The van der Waals surface area contributed by atoms with E-state index in [1.54, 1.807) is 36.8 Å². The van der Waals surface area contributed by atoms with E-state index in [1.165, 1.54) is 12.1 Å². The zero-order valence-electron chi connectivity index (χ0n) is 22.1. The maximum Gasteiger partial charge on any atom is 0.230 e. The molecule has 0 atom stereocenters. The molecule has 3 aromatic heterocycles. The quantitative estimate of drug-likeness (QED) is 0.286. The third-order valence-electron chi connectivity index (χ3n) is 7.08. The van der Waals surface area contributed by atoms with Crippen molar-refractivity contribution in [2.45, 2.75) is 32.6 Å². The van der Waals surface area contributed by atoms with E-state index in [2.05, 4.69) is 30.6 Å². The van der Waals surface area contributed by atoms with Crippen LogP contribution in [0.3, 0.4) is 0 Å². The Labute approximate surface area is 230 Å². The summed E-state index contributed by atoms with van der Waals surface area (Å²) in [5.74, 6) is 1.04. The molecular weight excluding hydrogens is 513 g/mol. The van der Waals surface area contributed by atoms with Crippen LogP contribution in [0, 0.1) is 17.2 Å². The largest absolute Gasteiger partial charge is 0.355 e. The van der Waals surface area contributed by atoms with Crippen molar-refractivity contribution < 1.29 is 18.7 Å². The van der Waals surface area contributed by atoms with E-state index in [0.717, 1.165) is 18.4 Å². The van der Waals surface area contributed by atoms with Crippen LogP contribution in [0.25, 0.3) is 22.6 Å². The lowest BCUT2D eigenvalue weighted by atomic mass is 9.91. The summed E-state index contributed by atoms with van der Waals surface area (Å²) in [6.45, 7) is 3.43. The summed E-state index contributed by atoms with van der Waals surface area (Å²) in [5.41, 5.74) is 2.71. The number of rotatable bonds is 9. The number of H-pyrrole nitrogens is 1. The Balaban J connectivity index is 1.23. The van der Waals surface area contributed by atoms with Crippen LogP contribution < -0.4 is 10.6 Å². The topological polar surface area (TPSA) is 127 Å². The number of imidazole rings is 1. The lowest BCUT2D eigenvalue weighted by molar-refractivity contribution is -0.231. The van der Waals surface area contributed by atoms with Gasteiger partial charge in [-0.25, -0.2) is 19.3 Å². The Kier molecular flexibility index (Phi) is 7.23. The van der Waals surface area contributed by atoms with Crippen molar-refractivity contribution in [3.05, 3.63) is 78.3 Å². The van der Waals surface area contributed by atoms with Gasteiger partial charge in [0, 0.05) is 37.2 Å². The highest BCUT2D eigenvalue weighted by atomic mass is 19.1. The van der Waals surface area contributed by atoms with Gasteiger partial charge in [-0.05, 0) is 73.7 Å². The smallest absolute Gasteiger partial charge is 0.230 e. The number of pyridine rings is 1. The highest BCUT2D eigenvalue weighted by Crippen LogP contribution is 2.36. The number of carbonyl (C=O) groups is 1. The van der Waals surface area contributed by atoms with E-state index in [1.807, 2.05) is 19.1 Å². The molecule has 40 heavy (non-hydrogen) atoms. The normalized spacial score (nSPS) is 20.7. The van der Waals surface area contributed by atoms with E-state index in [9.17, 15) is 9.18 Å². The van der Waals surface area contributed by atoms with Crippen molar-refractivity contribution in [3.63, 3.8) is 0 Å². The van der Waals surface area contributed by atoms with Gasteiger partial charge in [-0.3, -0.25) is 9.78 Å². The molecule has 10 nitrogen and oxygen atoms in total. The second-order valence-corrected chi connectivity index (χ2v) is 10.5. The number of hydrogen-bond acceptors (Lipinski definition) is 8. The fraction of sp³-hybridized carbons (Fsp3) is 0.345. The first-order chi connectivity index (χ1) is 19.5. The molecule has 1 amide bonds. The minimum absolute atomic E-state index is 0.0715. The molecule has 3 N–H and O–H groups in total. The lowest BCUT2D eigenvalue weighted by Gasteiger charge is -2.35. The first kappa shape index (κ1) is 26.0. The summed E-state index contributed by atoms with van der Waals surface area (Å²) in [4.78, 5) is 33.9.